The second kappa shape index (κ2) is 7.31. The molecule has 160 valence electrons. The molecule has 0 spiro atoms. The van der Waals surface area contributed by atoms with Gasteiger partial charge in [0.25, 0.3) is 5.91 Å². The molecular weight excluding hydrogens is 422 g/mol. The summed E-state index contributed by atoms with van der Waals surface area (Å²) in [7, 11) is 1.77. The molecule has 32 heavy (non-hydrogen) atoms. The zero-order valence-electron chi connectivity index (χ0n) is 18.1. The number of carbonyl (C=O) groups excluding carboxylic acids is 2. The van der Waals surface area contributed by atoms with Crippen molar-refractivity contribution >= 4 is 50.8 Å². The Morgan fingerprint density at radius 3 is 2.59 bits per heavy atom. The van der Waals surface area contributed by atoms with Crippen LogP contribution in [0, 0.1) is 6.92 Å². The molecule has 1 N–H and O–H groups in total. The second-order valence-electron chi connectivity index (χ2n) is 8.57. The number of pyridine rings is 1. The molecule has 5 rings (SSSR count). The number of carbonyl (C=O) groups is 2. The van der Waals surface area contributed by atoms with Crippen molar-refractivity contribution in [3.8, 4) is 0 Å². The van der Waals surface area contributed by atoms with Gasteiger partial charge in [0.15, 0.2) is 0 Å². The summed E-state index contributed by atoms with van der Waals surface area (Å²) in [5, 5.41) is 6.46. The lowest BCUT2D eigenvalue weighted by Crippen LogP contribution is -2.53. The number of hydrogen-bond donors (Lipinski definition) is 1. The Bertz CT molecular complexity index is 1410. The number of anilines is 1. The van der Waals surface area contributed by atoms with Crippen LogP contribution in [0.15, 0.2) is 60.7 Å². The monoisotopic (exact) mass is 443 g/mol. The Labute approximate surface area is 191 Å². The van der Waals surface area contributed by atoms with E-state index in [9.17, 15) is 9.59 Å². The van der Waals surface area contributed by atoms with E-state index in [-0.39, 0.29) is 18.4 Å². The van der Waals surface area contributed by atoms with Crippen molar-refractivity contribution in [3.05, 3.63) is 82.5 Å². The normalized spacial score (nSPS) is 17.8. The topological polar surface area (TPSA) is 62.3 Å². The molecule has 1 atom stereocenters. The van der Waals surface area contributed by atoms with Crippen LogP contribution >= 0.6 is 11.6 Å². The van der Waals surface area contributed by atoms with E-state index in [1.807, 2.05) is 62.4 Å². The van der Waals surface area contributed by atoms with Crippen LogP contribution in [0.4, 0.5) is 5.69 Å². The Hall–Kier alpha value is -3.44. The number of aryl methyl sites for hydroxylation is 1. The molecule has 2 heterocycles. The summed E-state index contributed by atoms with van der Waals surface area (Å²) < 4.78 is 0. The van der Waals surface area contributed by atoms with Gasteiger partial charge in [-0.25, -0.2) is 0 Å². The molecule has 0 saturated carbocycles. The maximum absolute atomic E-state index is 13.6. The molecule has 1 aliphatic heterocycles. The third-order valence-corrected chi connectivity index (χ3v) is 6.57. The molecule has 1 unspecified atom stereocenters. The van der Waals surface area contributed by atoms with Gasteiger partial charge >= 0.3 is 0 Å². The number of benzene rings is 3. The summed E-state index contributed by atoms with van der Waals surface area (Å²) in [6.07, 6.45) is 0. The molecule has 4 aromatic rings. The number of halogens is 1. The highest BCUT2D eigenvalue weighted by Crippen LogP contribution is 2.43. The molecule has 6 heteroatoms. The van der Waals surface area contributed by atoms with Gasteiger partial charge in [-0.2, -0.15) is 0 Å². The molecular formula is C26H22ClN3O2. The van der Waals surface area contributed by atoms with E-state index in [2.05, 4.69) is 5.32 Å². The first-order valence-electron chi connectivity index (χ1n) is 10.4. The van der Waals surface area contributed by atoms with Crippen LogP contribution in [-0.2, 0) is 10.2 Å². The van der Waals surface area contributed by atoms with E-state index < -0.39 is 5.41 Å². The van der Waals surface area contributed by atoms with Crippen LogP contribution in [0.5, 0.6) is 0 Å². The minimum absolute atomic E-state index is 0.115. The van der Waals surface area contributed by atoms with Crippen molar-refractivity contribution in [2.24, 2.45) is 0 Å². The number of hydrogen-bond acceptors (Lipinski definition) is 3. The van der Waals surface area contributed by atoms with Crippen molar-refractivity contribution in [1.82, 2.24) is 10.3 Å². The second-order valence-corrected chi connectivity index (χ2v) is 9.00. The van der Waals surface area contributed by atoms with E-state index in [0.717, 1.165) is 32.9 Å². The fourth-order valence-electron chi connectivity index (χ4n) is 4.50. The van der Waals surface area contributed by atoms with Gasteiger partial charge in [0.2, 0.25) is 5.91 Å². The summed E-state index contributed by atoms with van der Waals surface area (Å²) >= 11 is 6.24. The van der Waals surface area contributed by atoms with Crippen molar-refractivity contribution < 1.29 is 9.59 Å². The van der Waals surface area contributed by atoms with Crippen LogP contribution in [0.3, 0.4) is 0 Å². The standard InChI is InChI=1S/C26H22ClN3O2/c1-15-7-9-16(10-8-15)24(31)28-14-26(2)23-22-19(5-4-6-21(22)30(3)25(26)32)18-12-11-17(27)13-20(18)29-23/h4-13H,14H2,1-3H3,(H,28,31). The predicted octanol–water partition coefficient (Wildman–Crippen LogP) is 5.01. The smallest absolute Gasteiger partial charge is 0.251 e. The lowest BCUT2D eigenvalue weighted by molar-refractivity contribution is -0.123. The van der Waals surface area contributed by atoms with Gasteiger partial charge in [0.1, 0.15) is 5.41 Å². The first-order chi connectivity index (χ1) is 15.3. The highest BCUT2D eigenvalue weighted by Gasteiger charge is 2.45. The fourth-order valence-corrected chi connectivity index (χ4v) is 4.66. The third kappa shape index (κ3) is 3.04. The van der Waals surface area contributed by atoms with Crippen LogP contribution in [0.2, 0.25) is 5.02 Å². The van der Waals surface area contributed by atoms with Gasteiger partial charge in [0.05, 0.1) is 16.9 Å². The molecule has 0 saturated heterocycles. The SMILES string of the molecule is Cc1ccc(C(=O)NCC2(C)C(=O)N(C)c3cccc4c3c2nc2cc(Cl)ccc24)cc1. The van der Waals surface area contributed by atoms with Crippen molar-refractivity contribution in [1.29, 1.82) is 0 Å². The molecule has 0 radical (unpaired) electrons. The first kappa shape index (κ1) is 20.5. The van der Waals surface area contributed by atoms with Crippen LogP contribution in [0.25, 0.3) is 21.7 Å². The third-order valence-electron chi connectivity index (χ3n) is 6.34. The molecule has 3 aromatic carbocycles. The van der Waals surface area contributed by atoms with Crippen LogP contribution < -0.4 is 10.2 Å². The summed E-state index contributed by atoms with van der Waals surface area (Å²) in [6.45, 7) is 3.94. The number of rotatable bonds is 3. The van der Waals surface area contributed by atoms with E-state index in [1.165, 1.54) is 0 Å². The largest absolute Gasteiger partial charge is 0.351 e. The zero-order chi connectivity index (χ0) is 22.6. The quantitative estimate of drug-likeness (QED) is 0.452. The van der Waals surface area contributed by atoms with Crippen molar-refractivity contribution in [3.63, 3.8) is 0 Å². The molecule has 1 aromatic heterocycles. The number of likely N-dealkylation sites (N-methyl/N-ethyl adjacent to an activating group) is 1. The Morgan fingerprint density at radius 1 is 1.09 bits per heavy atom. The average Bonchev–Trinajstić information content (AvgIpc) is 2.79. The average molecular weight is 444 g/mol. The Balaban J connectivity index is 1.65. The highest BCUT2D eigenvalue weighted by molar-refractivity contribution is 6.31. The van der Waals surface area contributed by atoms with E-state index >= 15 is 0 Å². The van der Waals surface area contributed by atoms with Gasteiger partial charge in [-0.3, -0.25) is 14.6 Å². The van der Waals surface area contributed by atoms with Crippen molar-refractivity contribution in [2.75, 3.05) is 18.5 Å². The lowest BCUT2D eigenvalue weighted by atomic mass is 9.78. The number of fused-ring (bicyclic) bond motifs is 2. The molecule has 0 aliphatic carbocycles. The van der Waals surface area contributed by atoms with Crippen LogP contribution in [0.1, 0.15) is 28.5 Å². The number of amides is 2. The fraction of sp³-hybridized carbons (Fsp3) is 0.192. The Morgan fingerprint density at radius 2 is 1.84 bits per heavy atom. The number of nitrogens with zero attached hydrogens (tertiary/aromatic N) is 2. The highest BCUT2D eigenvalue weighted by atomic mass is 35.5. The predicted molar refractivity (Wildman–Crippen MR) is 129 cm³/mol. The summed E-state index contributed by atoms with van der Waals surface area (Å²) in [5.41, 5.74) is 2.80. The summed E-state index contributed by atoms with van der Waals surface area (Å²) in [5.74, 6) is -0.337. The summed E-state index contributed by atoms with van der Waals surface area (Å²) in [6, 6.07) is 18.9. The van der Waals surface area contributed by atoms with E-state index in [1.54, 1.807) is 24.1 Å². The molecule has 5 nitrogen and oxygen atoms in total. The minimum atomic E-state index is -1.03. The number of nitrogens with one attached hydrogen (secondary N) is 1. The van der Waals surface area contributed by atoms with E-state index in [4.69, 9.17) is 16.6 Å². The number of aromatic nitrogens is 1. The van der Waals surface area contributed by atoms with Gasteiger partial charge in [-0.15, -0.1) is 0 Å². The van der Waals surface area contributed by atoms with E-state index in [0.29, 0.717) is 16.3 Å². The zero-order valence-corrected chi connectivity index (χ0v) is 18.8. The molecule has 0 bridgehead atoms. The maximum Gasteiger partial charge on any atom is 0.251 e. The molecule has 2 amide bonds. The van der Waals surface area contributed by atoms with Gasteiger partial charge in [0, 0.05) is 35.0 Å². The van der Waals surface area contributed by atoms with Gasteiger partial charge in [-0.1, -0.05) is 47.5 Å². The van der Waals surface area contributed by atoms with Crippen molar-refractivity contribution in [2.45, 2.75) is 19.3 Å². The van der Waals surface area contributed by atoms with Gasteiger partial charge < -0.3 is 10.2 Å². The maximum atomic E-state index is 13.6. The first-order valence-corrected chi connectivity index (χ1v) is 10.8. The molecule has 0 fully saturated rings. The lowest BCUT2D eigenvalue weighted by Gasteiger charge is -2.38. The summed E-state index contributed by atoms with van der Waals surface area (Å²) in [4.78, 5) is 32.9. The minimum Gasteiger partial charge on any atom is -0.351 e. The van der Waals surface area contributed by atoms with Gasteiger partial charge in [-0.05, 0) is 49.6 Å². The Kier molecular flexibility index (Phi) is 4.68. The van der Waals surface area contributed by atoms with Crippen LogP contribution in [-0.4, -0.2) is 30.4 Å². The molecule has 1 aliphatic rings.